The molecule has 5 nitrogen and oxygen atoms in total. The van der Waals surface area contributed by atoms with Crippen molar-refractivity contribution >= 4 is 22.5 Å². The molecule has 2 aromatic carbocycles. The summed E-state index contributed by atoms with van der Waals surface area (Å²) in [4.78, 5) is 21.9. The van der Waals surface area contributed by atoms with Gasteiger partial charge in [0.15, 0.2) is 5.82 Å². The van der Waals surface area contributed by atoms with E-state index in [0.29, 0.717) is 12.4 Å². The Labute approximate surface area is 157 Å². The fraction of sp³-hybridized carbons (Fsp3) is 0.136. The second-order valence-corrected chi connectivity index (χ2v) is 6.63. The number of benzene rings is 2. The Morgan fingerprint density at radius 3 is 2.59 bits per heavy atom. The molecule has 0 aliphatic rings. The van der Waals surface area contributed by atoms with Crippen LogP contribution in [0.2, 0.25) is 0 Å². The van der Waals surface area contributed by atoms with Gasteiger partial charge in [-0.3, -0.25) is 14.3 Å². The summed E-state index contributed by atoms with van der Waals surface area (Å²) in [6.07, 6.45) is 3.37. The molecule has 0 aliphatic heterocycles. The summed E-state index contributed by atoms with van der Waals surface area (Å²) in [6.45, 7) is 4.58. The van der Waals surface area contributed by atoms with Crippen LogP contribution in [-0.2, 0) is 6.54 Å². The molecule has 0 unspecified atom stereocenters. The van der Waals surface area contributed by atoms with Crippen LogP contribution < -0.4 is 10.9 Å². The molecule has 0 fully saturated rings. The van der Waals surface area contributed by atoms with E-state index in [1.807, 2.05) is 61.5 Å². The average Bonchev–Trinajstić information content (AvgIpc) is 2.69. The molecule has 2 aromatic heterocycles. The summed E-state index contributed by atoms with van der Waals surface area (Å²) in [5, 5.41) is 3.19. The number of nitrogens with zero attached hydrogens (tertiary/aromatic N) is 3. The molecule has 5 heteroatoms. The van der Waals surface area contributed by atoms with Crippen molar-refractivity contribution in [2.75, 3.05) is 5.32 Å². The average molecular weight is 356 g/mol. The van der Waals surface area contributed by atoms with Crippen molar-refractivity contribution in [2.45, 2.75) is 20.4 Å². The predicted molar refractivity (Wildman–Crippen MR) is 109 cm³/mol. The Morgan fingerprint density at radius 2 is 1.81 bits per heavy atom. The topological polar surface area (TPSA) is 59.8 Å². The van der Waals surface area contributed by atoms with Crippen molar-refractivity contribution in [1.82, 2.24) is 14.5 Å². The maximum atomic E-state index is 13.2. The number of aromatic nitrogens is 3. The van der Waals surface area contributed by atoms with Crippen molar-refractivity contribution in [3.63, 3.8) is 0 Å². The van der Waals surface area contributed by atoms with Crippen LogP contribution in [0.4, 0.5) is 11.5 Å². The van der Waals surface area contributed by atoms with Crippen LogP contribution in [0.3, 0.4) is 0 Å². The Bertz CT molecular complexity index is 1170. The van der Waals surface area contributed by atoms with Crippen molar-refractivity contribution in [3.05, 3.63) is 94.0 Å². The van der Waals surface area contributed by atoms with Crippen LogP contribution in [0.5, 0.6) is 0 Å². The number of anilines is 2. The Morgan fingerprint density at radius 1 is 1.00 bits per heavy atom. The lowest BCUT2D eigenvalue weighted by Gasteiger charge is -2.13. The molecular weight excluding hydrogens is 336 g/mol. The van der Waals surface area contributed by atoms with Gasteiger partial charge in [0.05, 0.1) is 23.8 Å². The van der Waals surface area contributed by atoms with Crippen LogP contribution in [0, 0.1) is 13.8 Å². The molecule has 0 saturated heterocycles. The van der Waals surface area contributed by atoms with Crippen molar-refractivity contribution in [2.24, 2.45) is 0 Å². The molecule has 0 spiro atoms. The fourth-order valence-electron chi connectivity index (χ4n) is 3.05. The van der Waals surface area contributed by atoms with Gasteiger partial charge in [0, 0.05) is 11.9 Å². The second-order valence-electron chi connectivity index (χ2n) is 6.63. The third-order valence-electron chi connectivity index (χ3n) is 4.70. The molecule has 4 aromatic rings. The number of aryl methyl sites for hydroxylation is 2. The Kier molecular flexibility index (Phi) is 4.42. The highest BCUT2D eigenvalue weighted by atomic mass is 16.1. The number of rotatable bonds is 4. The third kappa shape index (κ3) is 3.44. The summed E-state index contributed by atoms with van der Waals surface area (Å²) >= 11 is 0. The standard InChI is InChI=1S/C22H20N4O/c1-15-8-9-18(12-16(15)2)24-21-22(27)26(14-17-6-4-3-5-7-17)20-13-23-11-10-19(20)25-21/h3-13H,14H2,1-2H3,(H,24,25). The van der Waals surface area contributed by atoms with Crippen molar-refractivity contribution in [3.8, 4) is 0 Å². The van der Waals surface area contributed by atoms with Gasteiger partial charge in [-0.1, -0.05) is 36.4 Å². The van der Waals surface area contributed by atoms with Crippen LogP contribution in [0.25, 0.3) is 11.0 Å². The molecule has 0 saturated carbocycles. The molecule has 27 heavy (non-hydrogen) atoms. The molecule has 0 aliphatic carbocycles. The number of hydrogen-bond acceptors (Lipinski definition) is 4. The lowest BCUT2D eigenvalue weighted by Crippen LogP contribution is -2.25. The number of nitrogens with one attached hydrogen (secondary N) is 1. The van der Waals surface area contributed by atoms with Crippen LogP contribution in [0.15, 0.2) is 71.8 Å². The maximum Gasteiger partial charge on any atom is 0.294 e. The SMILES string of the molecule is Cc1ccc(Nc2nc3ccncc3n(Cc3ccccc3)c2=O)cc1C. The van der Waals surface area contributed by atoms with E-state index in [-0.39, 0.29) is 5.56 Å². The summed E-state index contributed by atoms with van der Waals surface area (Å²) < 4.78 is 1.72. The van der Waals surface area contributed by atoms with Crippen LogP contribution in [-0.4, -0.2) is 14.5 Å². The van der Waals surface area contributed by atoms with Crippen molar-refractivity contribution in [1.29, 1.82) is 0 Å². The highest BCUT2D eigenvalue weighted by Crippen LogP contribution is 2.19. The van der Waals surface area contributed by atoms with Crippen molar-refractivity contribution < 1.29 is 0 Å². The van der Waals surface area contributed by atoms with Gasteiger partial charge in [-0.25, -0.2) is 4.98 Å². The quantitative estimate of drug-likeness (QED) is 0.595. The van der Waals surface area contributed by atoms with Gasteiger partial charge in [0.1, 0.15) is 0 Å². The molecule has 0 atom stereocenters. The lowest BCUT2D eigenvalue weighted by atomic mass is 10.1. The Hall–Kier alpha value is -3.47. The van der Waals surface area contributed by atoms with Gasteiger partial charge in [0.25, 0.3) is 5.56 Å². The minimum absolute atomic E-state index is 0.169. The zero-order valence-corrected chi connectivity index (χ0v) is 15.3. The smallest absolute Gasteiger partial charge is 0.294 e. The lowest BCUT2D eigenvalue weighted by molar-refractivity contribution is 0.788. The summed E-state index contributed by atoms with van der Waals surface area (Å²) in [5.41, 5.74) is 5.55. The number of hydrogen-bond donors (Lipinski definition) is 1. The molecule has 0 amide bonds. The Balaban J connectivity index is 1.82. The molecule has 4 rings (SSSR count). The first kappa shape index (κ1) is 17.0. The monoisotopic (exact) mass is 356 g/mol. The van der Waals surface area contributed by atoms with E-state index in [0.717, 1.165) is 27.8 Å². The molecule has 0 bridgehead atoms. The minimum Gasteiger partial charge on any atom is -0.336 e. The zero-order valence-electron chi connectivity index (χ0n) is 15.3. The van der Waals surface area contributed by atoms with E-state index in [1.54, 1.807) is 17.0 Å². The largest absolute Gasteiger partial charge is 0.336 e. The van der Waals surface area contributed by atoms with Gasteiger partial charge >= 0.3 is 0 Å². The van der Waals surface area contributed by atoms with Gasteiger partial charge < -0.3 is 5.32 Å². The number of pyridine rings is 1. The number of fused-ring (bicyclic) bond motifs is 1. The third-order valence-corrected chi connectivity index (χ3v) is 4.70. The van der Waals surface area contributed by atoms with E-state index in [4.69, 9.17) is 0 Å². The first-order valence-electron chi connectivity index (χ1n) is 8.84. The second kappa shape index (κ2) is 7.03. The first-order valence-corrected chi connectivity index (χ1v) is 8.84. The van der Waals surface area contributed by atoms with Crippen LogP contribution >= 0.6 is 0 Å². The normalized spacial score (nSPS) is 10.9. The van der Waals surface area contributed by atoms with Gasteiger partial charge in [-0.15, -0.1) is 0 Å². The summed E-state index contributed by atoms with van der Waals surface area (Å²) in [7, 11) is 0. The fourth-order valence-corrected chi connectivity index (χ4v) is 3.05. The van der Waals surface area contributed by atoms with Gasteiger partial charge in [-0.2, -0.15) is 0 Å². The van der Waals surface area contributed by atoms with E-state index in [1.165, 1.54) is 5.56 Å². The van der Waals surface area contributed by atoms with Crippen LogP contribution in [0.1, 0.15) is 16.7 Å². The predicted octanol–water partition coefficient (Wildman–Crippen LogP) is 4.20. The zero-order chi connectivity index (χ0) is 18.8. The summed E-state index contributed by atoms with van der Waals surface area (Å²) in [5.74, 6) is 0.313. The molecule has 1 N–H and O–H groups in total. The van der Waals surface area contributed by atoms with E-state index in [9.17, 15) is 4.79 Å². The van der Waals surface area contributed by atoms with Gasteiger partial charge in [-0.05, 0) is 48.7 Å². The molecular formula is C22H20N4O. The minimum atomic E-state index is -0.169. The molecule has 134 valence electrons. The highest BCUT2D eigenvalue weighted by Gasteiger charge is 2.12. The maximum absolute atomic E-state index is 13.2. The molecule has 2 heterocycles. The van der Waals surface area contributed by atoms with E-state index < -0.39 is 0 Å². The van der Waals surface area contributed by atoms with E-state index in [2.05, 4.69) is 22.2 Å². The first-order chi connectivity index (χ1) is 13.1. The highest BCUT2D eigenvalue weighted by molar-refractivity contribution is 5.76. The molecule has 0 radical (unpaired) electrons. The van der Waals surface area contributed by atoms with E-state index >= 15 is 0 Å². The summed E-state index contributed by atoms with van der Waals surface area (Å²) in [6, 6.07) is 17.7. The van der Waals surface area contributed by atoms with Gasteiger partial charge in [0.2, 0.25) is 0 Å².